The van der Waals surface area contributed by atoms with Crippen LogP contribution in [-0.4, -0.2) is 27.4 Å². The van der Waals surface area contributed by atoms with Crippen LogP contribution in [0.2, 0.25) is 0 Å². The maximum absolute atomic E-state index is 6.14. The van der Waals surface area contributed by atoms with Gasteiger partial charge >= 0.3 is 0 Å². The normalized spacial score (nSPS) is 10.9. The second-order valence-corrected chi connectivity index (χ2v) is 4.37. The molecule has 0 unspecified atom stereocenters. The number of nitrogen functional groups attached to an aromatic ring is 1. The average molecular weight is 271 g/mol. The number of rotatable bonds is 3. The van der Waals surface area contributed by atoms with Crippen molar-refractivity contribution in [3.05, 3.63) is 35.2 Å². The molecule has 0 aliphatic rings. The van der Waals surface area contributed by atoms with Crippen LogP contribution in [0.5, 0.6) is 5.88 Å². The van der Waals surface area contributed by atoms with Gasteiger partial charge in [-0.3, -0.25) is 0 Å². The van der Waals surface area contributed by atoms with Gasteiger partial charge in [-0.2, -0.15) is 0 Å². The molecule has 20 heavy (non-hydrogen) atoms. The Bertz CT molecular complexity index is 769. The third-order valence-corrected chi connectivity index (χ3v) is 3.17. The van der Waals surface area contributed by atoms with Crippen molar-refractivity contribution in [2.45, 2.75) is 13.3 Å². The van der Waals surface area contributed by atoms with Gasteiger partial charge in [-0.15, -0.1) is 0 Å². The van der Waals surface area contributed by atoms with E-state index in [9.17, 15) is 0 Å². The predicted octanol–water partition coefficient (Wildman–Crippen LogP) is 1.50. The van der Waals surface area contributed by atoms with Crippen molar-refractivity contribution >= 4 is 16.9 Å². The summed E-state index contributed by atoms with van der Waals surface area (Å²) in [6.45, 7) is 1.88. The molecule has 0 saturated heterocycles. The van der Waals surface area contributed by atoms with Gasteiger partial charge in [-0.25, -0.2) is 14.6 Å². The number of nitrogens with two attached hydrogens (primary N) is 1. The molecule has 0 fully saturated rings. The van der Waals surface area contributed by atoms with E-state index in [1.54, 1.807) is 13.3 Å². The minimum atomic E-state index is 0.418. The van der Waals surface area contributed by atoms with E-state index in [4.69, 9.17) is 10.5 Å². The van der Waals surface area contributed by atoms with E-state index in [1.807, 2.05) is 19.1 Å². The van der Waals surface area contributed by atoms with E-state index in [0.29, 0.717) is 29.2 Å². The third kappa shape index (κ3) is 1.93. The Morgan fingerprint density at radius 3 is 3.00 bits per heavy atom. The zero-order valence-electron chi connectivity index (χ0n) is 11.1. The van der Waals surface area contributed by atoms with Crippen molar-refractivity contribution in [3.8, 4) is 5.88 Å². The van der Waals surface area contributed by atoms with Crippen LogP contribution in [0.25, 0.3) is 11.2 Å². The molecule has 0 aromatic carbocycles. The Hall–Kier alpha value is -2.70. The van der Waals surface area contributed by atoms with Crippen LogP contribution in [0.1, 0.15) is 16.8 Å². The predicted molar refractivity (Wildman–Crippen MR) is 72.3 cm³/mol. The van der Waals surface area contributed by atoms with Crippen LogP contribution in [0.4, 0.5) is 5.69 Å². The van der Waals surface area contributed by atoms with E-state index >= 15 is 0 Å². The van der Waals surface area contributed by atoms with E-state index in [0.717, 1.165) is 16.8 Å². The summed E-state index contributed by atoms with van der Waals surface area (Å²) >= 11 is 0. The fourth-order valence-corrected chi connectivity index (χ4v) is 2.15. The van der Waals surface area contributed by atoms with Crippen LogP contribution < -0.4 is 10.5 Å². The Balaban J connectivity index is 2.10. The zero-order chi connectivity index (χ0) is 14.1. The maximum atomic E-state index is 6.14. The minimum absolute atomic E-state index is 0.418. The zero-order valence-corrected chi connectivity index (χ0v) is 11.1. The molecule has 102 valence electrons. The van der Waals surface area contributed by atoms with Crippen molar-refractivity contribution < 1.29 is 9.37 Å². The molecule has 0 saturated carbocycles. The van der Waals surface area contributed by atoms with Gasteiger partial charge in [0, 0.05) is 29.4 Å². The lowest BCUT2D eigenvalue weighted by Crippen LogP contribution is -2.04. The fraction of sp³-hybridized carbons (Fsp3) is 0.231. The van der Waals surface area contributed by atoms with E-state index in [-0.39, 0.29) is 0 Å². The van der Waals surface area contributed by atoms with E-state index in [1.165, 1.54) is 0 Å². The van der Waals surface area contributed by atoms with Crippen molar-refractivity contribution in [1.82, 2.24) is 20.3 Å². The quantitative estimate of drug-likeness (QED) is 0.770. The first-order valence-corrected chi connectivity index (χ1v) is 6.05. The lowest BCUT2D eigenvalue weighted by atomic mass is 10.0. The summed E-state index contributed by atoms with van der Waals surface area (Å²) in [4.78, 5) is 8.51. The topological polar surface area (TPSA) is 100.0 Å². The average Bonchev–Trinajstić information content (AvgIpc) is 2.92. The van der Waals surface area contributed by atoms with Crippen molar-refractivity contribution in [1.29, 1.82) is 0 Å². The monoisotopic (exact) mass is 271 g/mol. The molecular formula is C13H13N5O2. The summed E-state index contributed by atoms with van der Waals surface area (Å²) in [6.07, 6.45) is 2.24. The molecule has 3 aromatic rings. The van der Waals surface area contributed by atoms with Crippen molar-refractivity contribution in [3.63, 3.8) is 0 Å². The van der Waals surface area contributed by atoms with Gasteiger partial charge in [0.15, 0.2) is 5.52 Å². The lowest BCUT2D eigenvalue weighted by Gasteiger charge is -2.10. The maximum Gasteiger partial charge on any atom is 0.226 e. The van der Waals surface area contributed by atoms with Gasteiger partial charge in [-0.05, 0) is 23.3 Å². The van der Waals surface area contributed by atoms with Gasteiger partial charge in [0.1, 0.15) is 0 Å². The highest BCUT2D eigenvalue weighted by Gasteiger charge is 2.16. The molecule has 7 heteroatoms. The van der Waals surface area contributed by atoms with Gasteiger partial charge in [0.2, 0.25) is 11.5 Å². The first-order chi connectivity index (χ1) is 9.70. The standard InChI is InChI=1S/C13H13N5O2/c1-7-9(6-8-4-3-5-15-13(8)19-2)10(14)11-12(16-7)18-20-17-11/h3-5H,6,14H2,1-2H3. The van der Waals surface area contributed by atoms with Gasteiger partial charge in [0.25, 0.3) is 0 Å². The summed E-state index contributed by atoms with van der Waals surface area (Å²) in [6, 6.07) is 3.79. The molecule has 0 bridgehead atoms. The molecule has 0 spiro atoms. The van der Waals surface area contributed by atoms with Crippen LogP contribution >= 0.6 is 0 Å². The van der Waals surface area contributed by atoms with E-state index in [2.05, 4.69) is 24.9 Å². The molecular weight excluding hydrogens is 258 g/mol. The van der Waals surface area contributed by atoms with Crippen LogP contribution in [0, 0.1) is 6.92 Å². The van der Waals surface area contributed by atoms with Gasteiger partial charge in [-0.1, -0.05) is 6.07 Å². The molecule has 2 N–H and O–H groups in total. The summed E-state index contributed by atoms with van der Waals surface area (Å²) in [7, 11) is 1.59. The third-order valence-electron chi connectivity index (χ3n) is 3.17. The number of hydrogen-bond acceptors (Lipinski definition) is 7. The summed E-state index contributed by atoms with van der Waals surface area (Å²) in [5, 5.41) is 7.49. The highest BCUT2D eigenvalue weighted by atomic mass is 16.6. The summed E-state index contributed by atoms with van der Waals surface area (Å²) in [5.74, 6) is 0.574. The second-order valence-electron chi connectivity index (χ2n) is 4.37. The van der Waals surface area contributed by atoms with Crippen LogP contribution in [0.3, 0.4) is 0 Å². The lowest BCUT2D eigenvalue weighted by molar-refractivity contribution is 0.315. The Kier molecular flexibility index (Phi) is 2.94. The highest BCUT2D eigenvalue weighted by Crippen LogP contribution is 2.27. The fourth-order valence-electron chi connectivity index (χ4n) is 2.15. The van der Waals surface area contributed by atoms with Crippen molar-refractivity contribution in [2.75, 3.05) is 12.8 Å². The molecule has 0 amide bonds. The van der Waals surface area contributed by atoms with Gasteiger partial charge < -0.3 is 10.5 Å². The molecule has 0 atom stereocenters. The number of aromatic nitrogens is 4. The number of anilines is 1. The molecule has 7 nitrogen and oxygen atoms in total. The summed E-state index contributed by atoms with van der Waals surface area (Å²) in [5.41, 5.74) is 10.2. The molecule has 3 aromatic heterocycles. The Morgan fingerprint density at radius 1 is 1.35 bits per heavy atom. The number of methoxy groups -OCH3 is 1. The number of aryl methyl sites for hydroxylation is 1. The molecule has 3 rings (SSSR count). The van der Waals surface area contributed by atoms with Crippen LogP contribution in [-0.2, 0) is 6.42 Å². The number of fused-ring (bicyclic) bond motifs is 1. The first kappa shape index (κ1) is 12.3. The summed E-state index contributed by atoms with van der Waals surface area (Å²) < 4.78 is 9.92. The molecule has 3 heterocycles. The molecule has 0 radical (unpaired) electrons. The Labute approximate surface area is 114 Å². The van der Waals surface area contributed by atoms with Crippen LogP contribution in [0.15, 0.2) is 23.0 Å². The smallest absolute Gasteiger partial charge is 0.226 e. The molecule has 0 aliphatic carbocycles. The number of nitrogens with zero attached hydrogens (tertiary/aromatic N) is 4. The van der Waals surface area contributed by atoms with Crippen molar-refractivity contribution in [2.24, 2.45) is 0 Å². The van der Waals surface area contributed by atoms with E-state index < -0.39 is 0 Å². The number of hydrogen-bond donors (Lipinski definition) is 1. The number of pyridine rings is 2. The Morgan fingerprint density at radius 2 is 2.20 bits per heavy atom. The second kappa shape index (κ2) is 4.76. The SMILES string of the molecule is COc1ncccc1Cc1c(C)nc2nonc2c1N. The molecule has 0 aliphatic heterocycles. The first-order valence-electron chi connectivity index (χ1n) is 6.05. The largest absolute Gasteiger partial charge is 0.481 e. The number of ether oxygens (including phenoxy) is 1. The highest BCUT2D eigenvalue weighted by molar-refractivity contribution is 5.85. The van der Waals surface area contributed by atoms with Gasteiger partial charge in [0.05, 0.1) is 12.8 Å². The minimum Gasteiger partial charge on any atom is -0.481 e.